The predicted molar refractivity (Wildman–Crippen MR) is 76.6 cm³/mol. The van der Waals surface area contributed by atoms with Gasteiger partial charge in [0.2, 0.25) is 0 Å². The summed E-state index contributed by atoms with van der Waals surface area (Å²) >= 11 is 1.49. The second kappa shape index (κ2) is 5.01. The minimum Gasteiger partial charge on any atom is -0.358 e. The van der Waals surface area contributed by atoms with Gasteiger partial charge in [-0.3, -0.25) is 4.79 Å². The van der Waals surface area contributed by atoms with E-state index in [1.165, 1.54) is 11.3 Å². The molecule has 0 N–H and O–H groups in total. The molecule has 0 bridgehead atoms. The van der Waals surface area contributed by atoms with Crippen LogP contribution in [0.4, 0.5) is 5.82 Å². The molecule has 0 spiro atoms. The highest BCUT2D eigenvalue weighted by atomic mass is 32.1. The fourth-order valence-corrected chi connectivity index (χ4v) is 2.98. The Morgan fingerprint density at radius 2 is 2.21 bits per heavy atom. The second-order valence-corrected chi connectivity index (χ2v) is 5.56. The Kier molecular flexibility index (Phi) is 3.21. The Bertz CT molecular complexity index is 582. The lowest BCUT2D eigenvalue weighted by atomic mass is 10.2. The van der Waals surface area contributed by atoms with Crippen LogP contribution in [0.3, 0.4) is 0 Å². The molecule has 1 amide bonds. The molecule has 0 aliphatic carbocycles. The van der Waals surface area contributed by atoms with Crippen LogP contribution in [-0.4, -0.2) is 35.9 Å². The SMILES string of the molecule is CN1CCN(C(=O)c2cccs2)Cc2cccnc21. The van der Waals surface area contributed by atoms with Gasteiger partial charge in [0.1, 0.15) is 5.82 Å². The van der Waals surface area contributed by atoms with Gasteiger partial charge in [0.15, 0.2) is 0 Å². The molecule has 3 rings (SSSR count). The topological polar surface area (TPSA) is 36.4 Å². The normalized spacial score (nSPS) is 15.0. The van der Waals surface area contributed by atoms with Crippen LogP contribution in [0.2, 0.25) is 0 Å². The van der Waals surface area contributed by atoms with E-state index < -0.39 is 0 Å². The van der Waals surface area contributed by atoms with Crippen LogP contribution in [0.1, 0.15) is 15.2 Å². The fourth-order valence-electron chi connectivity index (χ4n) is 2.29. The average Bonchev–Trinajstić information content (AvgIpc) is 2.91. The molecule has 5 heteroatoms. The number of carbonyl (C=O) groups is 1. The summed E-state index contributed by atoms with van der Waals surface area (Å²) in [6.07, 6.45) is 1.80. The molecule has 2 aromatic heterocycles. The number of aromatic nitrogens is 1. The molecule has 1 aliphatic rings. The summed E-state index contributed by atoms with van der Waals surface area (Å²) in [6.45, 7) is 2.16. The van der Waals surface area contributed by atoms with E-state index in [1.807, 2.05) is 41.6 Å². The Morgan fingerprint density at radius 1 is 1.32 bits per heavy atom. The molecule has 0 aromatic carbocycles. The quantitative estimate of drug-likeness (QED) is 0.799. The highest BCUT2D eigenvalue weighted by molar-refractivity contribution is 7.12. The van der Waals surface area contributed by atoms with Crippen LogP contribution in [0.15, 0.2) is 35.8 Å². The van der Waals surface area contributed by atoms with Crippen molar-refractivity contribution in [3.8, 4) is 0 Å². The van der Waals surface area contributed by atoms with E-state index in [2.05, 4.69) is 9.88 Å². The van der Waals surface area contributed by atoms with Crippen molar-refractivity contribution >= 4 is 23.1 Å². The van der Waals surface area contributed by atoms with Gasteiger partial charge < -0.3 is 9.80 Å². The molecule has 98 valence electrons. The molecule has 2 aromatic rings. The van der Waals surface area contributed by atoms with Crippen molar-refractivity contribution in [2.24, 2.45) is 0 Å². The van der Waals surface area contributed by atoms with Gasteiger partial charge in [-0.1, -0.05) is 12.1 Å². The lowest BCUT2D eigenvalue weighted by molar-refractivity contribution is 0.0756. The number of hydrogen-bond donors (Lipinski definition) is 0. The van der Waals surface area contributed by atoms with Crippen LogP contribution >= 0.6 is 11.3 Å². The number of hydrogen-bond acceptors (Lipinski definition) is 4. The second-order valence-electron chi connectivity index (χ2n) is 4.61. The predicted octanol–water partition coefficient (Wildman–Crippen LogP) is 2.24. The van der Waals surface area contributed by atoms with E-state index in [9.17, 15) is 4.79 Å². The van der Waals surface area contributed by atoms with Gasteiger partial charge >= 0.3 is 0 Å². The molecule has 0 atom stereocenters. The van der Waals surface area contributed by atoms with E-state index in [0.717, 1.165) is 29.3 Å². The Balaban J connectivity index is 1.89. The number of anilines is 1. The largest absolute Gasteiger partial charge is 0.358 e. The van der Waals surface area contributed by atoms with Gasteiger partial charge in [-0.2, -0.15) is 0 Å². The van der Waals surface area contributed by atoms with Gasteiger partial charge in [-0.25, -0.2) is 4.98 Å². The van der Waals surface area contributed by atoms with Crippen LogP contribution < -0.4 is 4.90 Å². The highest BCUT2D eigenvalue weighted by Crippen LogP contribution is 2.23. The summed E-state index contributed by atoms with van der Waals surface area (Å²) in [6, 6.07) is 7.76. The maximum atomic E-state index is 12.4. The summed E-state index contributed by atoms with van der Waals surface area (Å²) in [7, 11) is 2.02. The Hall–Kier alpha value is -1.88. The maximum absolute atomic E-state index is 12.4. The van der Waals surface area contributed by atoms with Crippen molar-refractivity contribution in [1.29, 1.82) is 0 Å². The number of thiophene rings is 1. The van der Waals surface area contributed by atoms with E-state index in [1.54, 1.807) is 6.20 Å². The first-order chi connectivity index (χ1) is 9.25. The van der Waals surface area contributed by atoms with Gasteiger partial charge in [0, 0.05) is 38.4 Å². The number of likely N-dealkylation sites (N-methyl/N-ethyl adjacent to an activating group) is 1. The minimum absolute atomic E-state index is 0.111. The van der Waals surface area contributed by atoms with E-state index >= 15 is 0 Å². The molecule has 0 saturated carbocycles. The summed E-state index contributed by atoms with van der Waals surface area (Å²) in [5, 5.41) is 1.94. The number of rotatable bonds is 1. The van der Waals surface area contributed by atoms with Crippen LogP contribution in [0, 0.1) is 0 Å². The lowest BCUT2D eigenvalue weighted by Gasteiger charge is -2.20. The van der Waals surface area contributed by atoms with E-state index in [4.69, 9.17) is 0 Å². The van der Waals surface area contributed by atoms with Crippen LogP contribution in [0.25, 0.3) is 0 Å². The molecular weight excluding hydrogens is 258 g/mol. The fraction of sp³-hybridized carbons (Fsp3) is 0.286. The number of amides is 1. The highest BCUT2D eigenvalue weighted by Gasteiger charge is 2.23. The molecular formula is C14H15N3OS. The smallest absolute Gasteiger partial charge is 0.264 e. The number of carbonyl (C=O) groups excluding carboxylic acids is 1. The first-order valence-electron chi connectivity index (χ1n) is 6.23. The summed E-state index contributed by atoms with van der Waals surface area (Å²) < 4.78 is 0. The lowest BCUT2D eigenvalue weighted by Crippen LogP contribution is -2.33. The minimum atomic E-state index is 0.111. The van der Waals surface area contributed by atoms with Crippen molar-refractivity contribution < 1.29 is 4.79 Å². The third kappa shape index (κ3) is 2.33. The third-order valence-electron chi connectivity index (χ3n) is 3.31. The molecule has 3 heterocycles. The summed E-state index contributed by atoms with van der Waals surface area (Å²) in [5.41, 5.74) is 1.10. The van der Waals surface area contributed by atoms with Crippen molar-refractivity contribution in [1.82, 2.24) is 9.88 Å². The van der Waals surface area contributed by atoms with Crippen molar-refractivity contribution in [2.45, 2.75) is 6.54 Å². The standard InChI is InChI=1S/C14H15N3OS/c1-16-7-8-17(14(18)12-5-3-9-19-12)10-11-4-2-6-15-13(11)16/h2-6,9H,7-8,10H2,1H3. The maximum Gasteiger partial charge on any atom is 0.264 e. The van der Waals surface area contributed by atoms with Crippen molar-refractivity contribution in [3.63, 3.8) is 0 Å². The van der Waals surface area contributed by atoms with Crippen molar-refractivity contribution in [3.05, 3.63) is 46.3 Å². The number of pyridine rings is 1. The van der Waals surface area contributed by atoms with E-state index in [-0.39, 0.29) is 5.91 Å². The van der Waals surface area contributed by atoms with Gasteiger partial charge in [0.05, 0.1) is 4.88 Å². The Labute approximate surface area is 116 Å². The Morgan fingerprint density at radius 3 is 3.00 bits per heavy atom. The number of fused-ring (bicyclic) bond motifs is 1. The van der Waals surface area contributed by atoms with E-state index in [0.29, 0.717) is 6.54 Å². The summed E-state index contributed by atoms with van der Waals surface area (Å²) in [4.78, 5) is 21.6. The molecule has 0 fully saturated rings. The number of nitrogens with zero attached hydrogens (tertiary/aromatic N) is 3. The van der Waals surface area contributed by atoms with Gasteiger partial charge in [-0.15, -0.1) is 11.3 Å². The third-order valence-corrected chi connectivity index (χ3v) is 4.17. The molecule has 0 radical (unpaired) electrons. The molecule has 0 saturated heterocycles. The molecule has 1 aliphatic heterocycles. The zero-order chi connectivity index (χ0) is 13.2. The first-order valence-corrected chi connectivity index (χ1v) is 7.11. The van der Waals surface area contributed by atoms with Gasteiger partial charge in [0.25, 0.3) is 5.91 Å². The molecule has 19 heavy (non-hydrogen) atoms. The molecule has 0 unspecified atom stereocenters. The van der Waals surface area contributed by atoms with Gasteiger partial charge in [-0.05, 0) is 17.5 Å². The van der Waals surface area contributed by atoms with Crippen LogP contribution in [-0.2, 0) is 6.54 Å². The summed E-state index contributed by atoms with van der Waals surface area (Å²) in [5.74, 6) is 1.09. The average molecular weight is 273 g/mol. The monoisotopic (exact) mass is 273 g/mol. The molecule has 4 nitrogen and oxygen atoms in total. The first kappa shape index (κ1) is 12.2. The van der Waals surface area contributed by atoms with Crippen LogP contribution in [0.5, 0.6) is 0 Å². The zero-order valence-corrected chi connectivity index (χ0v) is 11.6. The zero-order valence-electron chi connectivity index (χ0n) is 10.7. The van der Waals surface area contributed by atoms with Crippen molar-refractivity contribution in [2.75, 3.05) is 25.0 Å².